The van der Waals surface area contributed by atoms with Crippen molar-refractivity contribution in [3.8, 4) is 11.5 Å². The van der Waals surface area contributed by atoms with Gasteiger partial charge in [-0.3, -0.25) is 10.7 Å². The molecule has 2 aromatic carbocycles. The van der Waals surface area contributed by atoms with Gasteiger partial charge in [-0.25, -0.2) is 0 Å². The summed E-state index contributed by atoms with van der Waals surface area (Å²) >= 11 is 11.4. The Morgan fingerprint density at radius 2 is 1.67 bits per heavy atom. The third-order valence-corrected chi connectivity index (χ3v) is 4.29. The number of rotatable bonds is 3. The number of aromatic nitrogens is 2. The molecule has 0 aliphatic rings. The average molecular weight is 454 g/mol. The van der Waals surface area contributed by atoms with Gasteiger partial charge in [0.05, 0.1) is 11.3 Å². The van der Waals surface area contributed by atoms with Gasteiger partial charge >= 0.3 is 0 Å². The molecular formula is C22H29Cl2N3O3. The molecule has 0 saturated heterocycles. The zero-order valence-electron chi connectivity index (χ0n) is 17.9. The number of aliphatic hydroxyl groups excluding tert-OH is 1. The number of alkyl halides is 1. The molecule has 3 aromatic rings. The minimum Gasteiger partial charge on any atom is -0.419 e. The minimum atomic E-state index is 0.134. The van der Waals surface area contributed by atoms with Crippen LogP contribution in [-0.2, 0) is 11.3 Å². The fourth-order valence-electron chi connectivity index (χ4n) is 2.26. The monoisotopic (exact) mass is 453 g/mol. The molecule has 0 unspecified atom stereocenters. The third kappa shape index (κ3) is 8.32. The van der Waals surface area contributed by atoms with Crippen LogP contribution in [0.25, 0.3) is 11.5 Å². The molecule has 0 atom stereocenters. The van der Waals surface area contributed by atoms with E-state index in [4.69, 9.17) is 37.9 Å². The molecule has 0 aliphatic heterocycles. The Hall–Kier alpha value is -2.12. The van der Waals surface area contributed by atoms with E-state index in [-0.39, 0.29) is 23.8 Å². The molecule has 0 saturated carbocycles. The molecule has 0 spiro atoms. The van der Waals surface area contributed by atoms with E-state index in [9.17, 15) is 0 Å². The Balaban J connectivity index is 0.000000280. The highest BCUT2D eigenvalue weighted by Gasteiger charge is 2.13. The van der Waals surface area contributed by atoms with Crippen LogP contribution in [0.15, 0.2) is 46.9 Å². The summed E-state index contributed by atoms with van der Waals surface area (Å²) in [6, 6.07) is 13.6. The number of nitrogens with zero attached hydrogens (tertiary/aromatic N) is 2. The second-order valence-electron chi connectivity index (χ2n) is 7.37. The molecule has 0 fully saturated rings. The fourth-order valence-corrected chi connectivity index (χ4v) is 2.54. The first-order valence-corrected chi connectivity index (χ1v) is 10.3. The van der Waals surface area contributed by atoms with Crippen molar-refractivity contribution in [2.45, 2.75) is 45.9 Å². The number of halogens is 2. The van der Waals surface area contributed by atoms with Crippen LogP contribution in [0.1, 0.15) is 44.7 Å². The van der Waals surface area contributed by atoms with Crippen molar-refractivity contribution >= 4 is 28.9 Å². The van der Waals surface area contributed by atoms with Gasteiger partial charge in [-0.1, -0.05) is 62.2 Å². The molecule has 3 N–H and O–H groups in total. The summed E-state index contributed by atoms with van der Waals surface area (Å²) in [5.41, 5.74) is 5.99. The van der Waals surface area contributed by atoms with Gasteiger partial charge in [0, 0.05) is 11.6 Å². The Morgan fingerprint density at radius 3 is 2.13 bits per heavy atom. The second kappa shape index (κ2) is 12.5. The number of hydrogen-bond acceptors (Lipinski definition) is 6. The normalized spacial score (nSPS) is 10.4. The summed E-state index contributed by atoms with van der Waals surface area (Å²) in [5.74, 6) is 0.686. The van der Waals surface area contributed by atoms with Gasteiger partial charge in [-0.2, -0.15) is 0 Å². The summed E-state index contributed by atoms with van der Waals surface area (Å²) in [5, 5.41) is 24.5. The van der Waals surface area contributed by atoms with E-state index < -0.39 is 0 Å². The molecule has 8 heteroatoms. The van der Waals surface area contributed by atoms with Gasteiger partial charge in [0.1, 0.15) is 5.88 Å². The maximum absolute atomic E-state index is 8.93. The van der Waals surface area contributed by atoms with E-state index in [0.717, 1.165) is 0 Å². The molecule has 3 rings (SSSR count). The molecule has 1 heterocycles. The van der Waals surface area contributed by atoms with Crippen molar-refractivity contribution in [1.82, 2.24) is 10.2 Å². The van der Waals surface area contributed by atoms with Crippen molar-refractivity contribution in [3.63, 3.8) is 0 Å². The number of benzene rings is 2. The number of aliphatic hydroxyl groups is 1. The smallest absolute Gasteiger partial charge is 0.250 e. The summed E-state index contributed by atoms with van der Waals surface area (Å²) in [7, 11) is 0. The van der Waals surface area contributed by atoms with Crippen molar-refractivity contribution < 1.29 is 14.7 Å². The average Bonchev–Trinajstić information content (AvgIpc) is 3.18. The van der Waals surface area contributed by atoms with Crippen LogP contribution in [0.4, 0.5) is 5.69 Å². The molecule has 6 nitrogen and oxygen atoms in total. The van der Waals surface area contributed by atoms with Gasteiger partial charge in [0.2, 0.25) is 11.8 Å². The van der Waals surface area contributed by atoms with Crippen LogP contribution in [0, 0.1) is 6.92 Å². The third-order valence-electron chi connectivity index (χ3n) is 3.83. The molecule has 0 radical (unpaired) electrons. The van der Waals surface area contributed by atoms with E-state index >= 15 is 0 Å². The van der Waals surface area contributed by atoms with Gasteiger partial charge in [-0.05, 0) is 43.0 Å². The molecule has 1 aromatic heterocycles. The largest absolute Gasteiger partial charge is 0.419 e. The molecule has 0 aliphatic carbocycles. The predicted molar refractivity (Wildman–Crippen MR) is 122 cm³/mol. The zero-order valence-corrected chi connectivity index (χ0v) is 19.4. The minimum absolute atomic E-state index is 0.134. The van der Waals surface area contributed by atoms with Crippen LogP contribution in [0.5, 0.6) is 0 Å². The molecular weight excluding hydrogens is 425 g/mol. The van der Waals surface area contributed by atoms with E-state index in [1.807, 2.05) is 5.48 Å². The number of aryl methyl sites for hydroxylation is 1. The van der Waals surface area contributed by atoms with Crippen LogP contribution < -0.4 is 5.48 Å². The van der Waals surface area contributed by atoms with Crippen molar-refractivity contribution in [2.75, 3.05) is 12.1 Å². The first-order valence-electron chi connectivity index (χ1n) is 9.42. The van der Waals surface area contributed by atoms with E-state index in [1.54, 1.807) is 25.1 Å². The molecule has 30 heavy (non-hydrogen) atoms. The van der Waals surface area contributed by atoms with Gasteiger partial charge in [0.15, 0.2) is 0 Å². The van der Waals surface area contributed by atoms with E-state index in [0.29, 0.717) is 22.2 Å². The Kier molecular flexibility index (Phi) is 10.8. The first-order chi connectivity index (χ1) is 14.2. The zero-order chi connectivity index (χ0) is 22.7. The van der Waals surface area contributed by atoms with Gasteiger partial charge in [0.25, 0.3) is 0 Å². The van der Waals surface area contributed by atoms with Crippen molar-refractivity contribution in [2.24, 2.45) is 0 Å². The Labute approximate surface area is 187 Å². The van der Waals surface area contributed by atoms with Gasteiger partial charge in [-0.15, -0.1) is 21.8 Å². The van der Waals surface area contributed by atoms with E-state index in [2.05, 4.69) is 62.2 Å². The highest BCUT2D eigenvalue weighted by molar-refractivity contribution is 6.31. The topological polar surface area (TPSA) is 91.4 Å². The lowest BCUT2D eigenvalue weighted by atomic mass is 9.87. The van der Waals surface area contributed by atoms with Crippen LogP contribution in [0.3, 0.4) is 0 Å². The summed E-state index contributed by atoms with van der Waals surface area (Å²) < 4.78 is 5.25. The lowest BCUT2D eigenvalue weighted by Crippen LogP contribution is -2.10. The summed E-state index contributed by atoms with van der Waals surface area (Å²) in [6.45, 7) is 10.7. The Bertz CT molecular complexity index is 891. The lowest BCUT2D eigenvalue weighted by Gasteiger charge is -2.18. The Morgan fingerprint density at radius 1 is 1.07 bits per heavy atom. The lowest BCUT2D eigenvalue weighted by molar-refractivity contribution is 0.318. The summed E-state index contributed by atoms with van der Waals surface area (Å²) in [6.07, 6.45) is 0. The maximum atomic E-state index is 8.93. The predicted octanol–water partition coefficient (Wildman–Crippen LogP) is 6.22. The highest BCUT2D eigenvalue weighted by atomic mass is 35.5. The summed E-state index contributed by atoms with van der Waals surface area (Å²) in [4.78, 5) is 0. The van der Waals surface area contributed by atoms with E-state index in [1.165, 1.54) is 11.1 Å². The van der Waals surface area contributed by atoms with Gasteiger partial charge < -0.3 is 9.52 Å². The number of hydrogen-bond donors (Lipinski definition) is 3. The van der Waals surface area contributed by atoms with Crippen molar-refractivity contribution in [3.05, 3.63) is 64.5 Å². The number of nitrogens with one attached hydrogen (secondary N) is 1. The quantitative estimate of drug-likeness (QED) is 0.321. The fraction of sp³-hybridized carbons (Fsp3) is 0.364. The van der Waals surface area contributed by atoms with Crippen LogP contribution >= 0.6 is 23.2 Å². The molecule has 0 bridgehead atoms. The second-order valence-corrected chi connectivity index (χ2v) is 8.07. The van der Waals surface area contributed by atoms with Crippen LogP contribution in [-0.4, -0.2) is 27.1 Å². The molecule has 164 valence electrons. The van der Waals surface area contributed by atoms with Crippen LogP contribution in [0.2, 0.25) is 5.02 Å². The molecule has 0 amide bonds. The standard InChI is InChI=1S/C11H16.C9H7Cl2N3O2.C2H6O/c1-9-5-7-10(8-6-9)11(2,3)4;10-4-8-12-13-9(16-8)6-3-5(11)1-2-7(6)14-15;1-2-3/h5-8H,1-4H3;1-3,14-15H,4H2;3H,2H2,1H3. The number of anilines is 1. The first kappa shape index (κ1) is 25.9. The van der Waals surface area contributed by atoms with Crippen molar-refractivity contribution in [1.29, 1.82) is 0 Å². The maximum Gasteiger partial charge on any atom is 0.250 e. The highest BCUT2D eigenvalue weighted by Crippen LogP contribution is 2.29. The SMILES string of the molecule is CCO.Cc1ccc(C(C)(C)C)cc1.ONc1ccc(Cl)cc1-c1nnc(CCl)o1.